The summed E-state index contributed by atoms with van der Waals surface area (Å²) in [4.78, 5) is 6.29. The number of pyridine rings is 1. The number of nitrogens with one attached hydrogen (secondary N) is 1. The van der Waals surface area contributed by atoms with E-state index in [-0.39, 0.29) is 5.82 Å². The zero-order chi connectivity index (χ0) is 12.1. The van der Waals surface area contributed by atoms with Crippen molar-refractivity contribution < 1.29 is 4.39 Å². The van der Waals surface area contributed by atoms with Gasteiger partial charge in [-0.3, -0.25) is 4.90 Å². The SMILES string of the molecule is Fc1cc(Cl)cnc1NCCN1CCSCC1. The Morgan fingerprint density at radius 2 is 2.24 bits per heavy atom. The number of anilines is 1. The third-order valence-corrected chi connectivity index (χ3v) is 3.78. The smallest absolute Gasteiger partial charge is 0.166 e. The van der Waals surface area contributed by atoms with Crippen molar-refractivity contribution in [2.24, 2.45) is 0 Å². The van der Waals surface area contributed by atoms with Crippen LogP contribution in [0.1, 0.15) is 0 Å². The zero-order valence-electron chi connectivity index (χ0n) is 9.46. The van der Waals surface area contributed by atoms with Crippen LogP contribution in [0, 0.1) is 5.82 Å². The number of halogens is 2. The third-order valence-electron chi connectivity index (χ3n) is 2.63. The molecule has 2 heterocycles. The molecule has 0 saturated carbocycles. The van der Waals surface area contributed by atoms with E-state index < -0.39 is 5.82 Å². The first-order chi connectivity index (χ1) is 8.25. The Hall–Kier alpha value is -0.520. The van der Waals surface area contributed by atoms with Crippen LogP contribution in [0.3, 0.4) is 0 Å². The molecule has 1 aromatic rings. The number of rotatable bonds is 4. The lowest BCUT2D eigenvalue weighted by molar-refractivity contribution is 0.314. The molecule has 0 spiro atoms. The molecule has 2 rings (SSSR count). The first kappa shape index (κ1) is 12.9. The van der Waals surface area contributed by atoms with Crippen LogP contribution in [0.5, 0.6) is 0 Å². The van der Waals surface area contributed by atoms with E-state index >= 15 is 0 Å². The summed E-state index contributed by atoms with van der Waals surface area (Å²) in [7, 11) is 0. The van der Waals surface area contributed by atoms with E-state index in [1.54, 1.807) is 0 Å². The maximum absolute atomic E-state index is 13.4. The van der Waals surface area contributed by atoms with Gasteiger partial charge in [-0.2, -0.15) is 11.8 Å². The molecule has 0 bridgehead atoms. The van der Waals surface area contributed by atoms with E-state index in [1.165, 1.54) is 23.8 Å². The summed E-state index contributed by atoms with van der Waals surface area (Å²) in [6.07, 6.45) is 1.45. The number of hydrogen-bond donors (Lipinski definition) is 1. The largest absolute Gasteiger partial charge is 0.366 e. The number of thioether (sulfide) groups is 1. The van der Waals surface area contributed by atoms with E-state index in [4.69, 9.17) is 11.6 Å². The molecule has 0 aliphatic carbocycles. The lowest BCUT2D eigenvalue weighted by Gasteiger charge is -2.26. The molecule has 1 N–H and O–H groups in total. The summed E-state index contributed by atoms with van der Waals surface area (Å²) in [5.74, 6) is 2.26. The van der Waals surface area contributed by atoms with Gasteiger partial charge in [-0.25, -0.2) is 9.37 Å². The number of nitrogens with zero attached hydrogens (tertiary/aromatic N) is 2. The summed E-state index contributed by atoms with van der Waals surface area (Å²) in [5, 5.41) is 3.31. The van der Waals surface area contributed by atoms with Crippen LogP contribution in [-0.2, 0) is 0 Å². The first-order valence-corrected chi connectivity index (χ1v) is 7.14. The normalized spacial score (nSPS) is 17.1. The highest BCUT2D eigenvalue weighted by molar-refractivity contribution is 7.99. The summed E-state index contributed by atoms with van der Waals surface area (Å²) < 4.78 is 13.4. The Morgan fingerprint density at radius 1 is 1.47 bits per heavy atom. The molecular weight excluding hydrogens is 261 g/mol. The van der Waals surface area contributed by atoms with Gasteiger partial charge in [-0.1, -0.05) is 11.6 Å². The molecule has 0 amide bonds. The molecule has 1 saturated heterocycles. The van der Waals surface area contributed by atoms with Crippen LogP contribution in [-0.4, -0.2) is 47.6 Å². The van der Waals surface area contributed by atoms with Gasteiger partial charge < -0.3 is 5.32 Å². The quantitative estimate of drug-likeness (QED) is 0.913. The van der Waals surface area contributed by atoms with Crippen LogP contribution in [0.15, 0.2) is 12.3 Å². The molecule has 1 fully saturated rings. The van der Waals surface area contributed by atoms with Crippen molar-refractivity contribution in [3.63, 3.8) is 0 Å². The molecule has 1 aliphatic heterocycles. The van der Waals surface area contributed by atoms with Crippen molar-refractivity contribution in [3.8, 4) is 0 Å². The van der Waals surface area contributed by atoms with E-state index in [2.05, 4.69) is 15.2 Å². The Labute approximate surface area is 110 Å². The van der Waals surface area contributed by atoms with Crippen molar-refractivity contribution >= 4 is 29.2 Å². The van der Waals surface area contributed by atoms with Gasteiger partial charge in [0, 0.05) is 43.9 Å². The fraction of sp³-hybridized carbons (Fsp3) is 0.545. The van der Waals surface area contributed by atoms with Crippen molar-refractivity contribution in [1.29, 1.82) is 0 Å². The molecule has 1 aromatic heterocycles. The summed E-state index contributed by atoms with van der Waals surface area (Å²) in [6, 6.07) is 1.27. The Morgan fingerprint density at radius 3 is 2.94 bits per heavy atom. The maximum atomic E-state index is 13.4. The average Bonchev–Trinajstić information content (AvgIpc) is 2.33. The van der Waals surface area contributed by atoms with Crippen molar-refractivity contribution in [2.75, 3.05) is 43.0 Å². The predicted octanol–water partition coefficient (Wildman–Crippen LogP) is 2.33. The Bertz CT molecular complexity index is 372. The molecule has 1 aliphatic rings. The van der Waals surface area contributed by atoms with E-state index in [9.17, 15) is 4.39 Å². The van der Waals surface area contributed by atoms with E-state index in [0.29, 0.717) is 11.6 Å². The van der Waals surface area contributed by atoms with Crippen molar-refractivity contribution in [3.05, 3.63) is 23.1 Å². The van der Waals surface area contributed by atoms with Crippen LogP contribution in [0.2, 0.25) is 5.02 Å². The minimum Gasteiger partial charge on any atom is -0.366 e. The number of aromatic nitrogens is 1. The molecule has 3 nitrogen and oxygen atoms in total. The second kappa shape index (κ2) is 6.42. The van der Waals surface area contributed by atoms with Crippen LogP contribution >= 0.6 is 23.4 Å². The van der Waals surface area contributed by atoms with Crippen molar-refractivity contribution in [2.45, 2.75) is 0 Å². The van der Waals surface area contributed by atoms with Crippen LogP contribution < -0.4 is 5.32 Å². The average molecular weight is 276 g/mol. The third kappa shape index (κ3) is 4.01. The molecule has 0 unspecified atom stereocenters. The van der Waals surface area contributed by atoms with E-state index in [1.807, 2.05) is 11.8 Å². The highest BCUT2D eigenvalue weighted by atomic mass is 35.5. The molecule has 17 heavy (non-hydrogen) atoms. The highest BCUT2D eigenvalue weighted by Gasteiger charge is 2.10. The number of hydrogen-bond acceptors (Lipinski definition) is 4. The zero-order valence-corrected chi connectivity index (χ0v) is 11.0. The molecule has 94 valence electrons. The topological polar surface area (TPSA) is 28.2 Å². The van der Waals surface area contributed by atoms with Gasteiger partial charge in [-0.05, 0) is 6.07 Å². The second-order valence-electron chi connectivity index (χ2n) is 3.86. The summed E-state index contributed by atoms with van der Waals surface area (Å²) in [5.41, 5.74) is 0. The fourth-order valence-corrected chi connectivity index (χ4v) is 2.83. The molecule has 0 radical (unpaired) electrons. The monoisotopic (exact) mass is 275 g/mol. The van der Waals surface area contributed by atoms with Crippen LogP contribution in [0.25, 0.3) is 0 Å². The predicted molar refractivity (Wildman–Crippen MR) is 71.5 cm³/mol. The maximum Gasteiger partial charge on any atom is 0.166 e. The van der Waals surface area contributed by atoms with Crippen LogP contribution in [0.4, 0.5) is 10.2 Å². The van der Waals surface area contributed by atoms with Crippen molar-refractivity contribution in [1.82, 2.24) is 9.88 Å². The lowest BCUT2D eigenvalue weighted by Crippen LogP contribution is -2.36. The summed E-state index contributed by atoms with van der Waals surface area (Å²) in [6.45, 7) is 3.85. The summed E-state index contributed by atoms with van der Waals surface area (Å²) >= 11 is 7.62. The second-order valence-corrected chi connectivity index (χ2v) is 5.53. The van der Waals surface area contributed by atoms with Gasteiger partial charge in [-0.15, -0.1) is 0 Å². The minimum absolute atomic E-state index is 0.279. The van der Waals surface area contributed by atoms with E-state index in [0.717, 1.165) is 19.6 Å². The fourth-order valence-electron chi connectivity index (χ4n) is 1.70. The minimum atomic E-state index is -0.397. The molecular formula is C11H15ClFN3S. The standard InChI is InChI=1S/C11H15ClFN3S/c12-9-7-10(13)11(15-8-9)14-1-2-16-3-5-17-6-4-16/h7-8H,1-6H2,(H,14,15). The van der Waals surface area contributed by atoms with Gasteiger partial charge >= 0.3 is 0 Å². The molecule has 0 aromatic carbocycles. The van der Waals surface area contributed by atoms with Gasteiger partial charge in [0.25, 0.3) is 0 Å². The van der Waals surface area contributed by atoms with Gasteiger partial charge in [0.05, 0.1) is 5.02 Å². The van der Waals surface area contributed by atoms with Gasteiger partial charge in [0.2, 0.25) is 0 Å². The van der Waals surface area contributed by atoms with Gasteiger partial charge in [0.15, 0.2) is 11.6 Å². The molecule has 0 atom stereocenters. The highest BCUT2D eigenvalue weighted by Crippen LogP contribution is 2.15. The molecule has 6 heteroatoms. The Balaban J connectivity index is 1.77. The first-order valence-electron chi connectivity index (χ1n) is 5.61. The van der Waals surface area contributed by atoms with Gasteiger partial charge in [0.1, 0.15) is 0 Å². The lowest BCUT2D eigenvalue weighted by atomic mass is 10.4. The Kier molecular flexibility index (Phi) is 4.88.